The number of carbonyl (C=O) groups is 1. The van der Waals surface area contributed by atoms with Crippen LogP contribution in [0.2, 0.25) is 0 Å². The molecule has 3 heterocycles. The molecule has 2 aliphatic rings. The molecule has 0 saturated carbocycles. The maximum atomic E-state index is 12.7. The molecule has 1 amide bonds. The van der Waals surface area contributed by atoms with Crippen LogP contribution in [0.15, 0.2) is 47.2 Å². The molecule has 2 aliphatic heterocycles. The van der Waals surface area contributed by atoms with E-state index < -0.39 is 0 Å². The third-order valence-corrected chi connectivity index (χ3v) is 7.06. The molecule has 0 bridgehead atoms. The van der Waals surface area contributed by atoms with Crippen LogP contribution in [0.25, 0.3) is 0 Å². The van der Waals surface area contributed by atoms with Crippen LogP contribution in [0.3, 0.4) is 0 Å². The average molecular weight is 412 g/mol. The van der Waals surface area contributed by atoms with E-state index in [-0.39, 0.29) is 0 Å². The molecule has 0 N–H and O–H groups in total. The van der Waals surface area contributed by atoms with E-state index in [0.29, 0.717) is 11.8 Å². The highest BCUT2D eigenvalue weighted by molar-refractivity contribution is 7.07. The molecule has 0 aliphatic carbocycles. The van der Waals surface area contributed by atoms with Gasteiger partial charge in [0.05, 0.1) is 0 Å². The number of hydrogen-bond acceptors (Lipinski definition) is 4. The highest BCUT2D eigenvalue weighted by Gasteiger charge is 2.24. The number of amides is 1. The first kappa shape index (κ1) is 20.6. The molecule has 0 radical (unpaired) electrons. The lowest BCUT2D eigenvalue weighted by Gasteiger charge is -2.36. The Labute approximate surface area is 179 Å². The maximum Gasteiger partial charge on any atom is 0.222 e. The van der Waals surface area contributed by atoms with Gasteiger partial charge in [0.1, 0.15) is 0 Å². The molecule has 5 heteroatoms. The van der Waals surface area contributed by atoms with Crippen molar-refractivity contribution in [3.05, 3.63) is 58.3 Å². The highest BCUT2D eigenvalue weighted by atomic mass is 32.1. The Morgan fingerprint density at radius 1 is 0.931 bits per heavy atom. The Bertz CT molecular complexity index is 741. The lowest BCUT2D eigenvalue weighted by atomic mass is 9.93. The molecule has 1 atom stereocenters. The number of hydrogen-bond donors (Lipinski definition) is 0. The summed E-state index contributed by atoms with van der Waals surface area (Å²) in [5, 5.41) is 4.42. The number of thiophene rings is 1. The van der Waals surface area contributed by atoms with Gasteiger partial charge in [-0.15, -0.1) is 0 Å². The Morgan fingerprint density at radius 2 is 1.72 bits per heavy atom. The zero-order valence-corrected chi connectivity index (χ0v) is 18.2. The van der Waals surface area contributed by atoms with Crippen LogP contribution in [0.5, 0.6) is 0 Å². The third-order valence-electron chi connectivity index (χ3n) is 6.33. The van der Waals surface area contributed by atoms with Crippen LogP contribution in [0.4, 0.5) is 0 Å². The van der Waals surface area contributed by atoms with Gasteiger partial charge in [-0.2, -0.15) is 11.3 Å². The van der Waals surface area contributed by atoms with E-state index in [9.17, 15) is 4.79 Å². The first-order valence-electron chi connectivity index (χ1n) is 11.0. The normalized spacial score (nSPS) is 21.4. The van der Waals surface area contributed by atoms with Crippen molar-refractivity contribution in [3.8, 4) is 0 Å². The second kappa shape index (κ2) is 10.4. The summed E-state index contributed by atoms with van der Waals surface area (Å²) in [7, 11) is 0. The van der Waals surface area contributed by atoms with Crippen molar-refractivity contribution in [1.82, 2.24) is 14.7 Å². The quantitative estimate of drug-likeness (QED) is 0.687. The lowest BCUT2D eigenvalue weighted by Crippen LogP contribution is -2.48. The zero-order valence-electron chi connectivity index (χ0n) is 17.3. The number of carbonyl (C=O) groups excluding carboxylic acids is 1. The van der Waals surface area contributed by atoms with E-state index in [1.165, 1.54) is 30.5 Å². The molecule has 1 aromatic carbocycles. The predicted octanol–water partition coefficient (Wildman–Crippen LogP) is 4.08. The Hall–Kier alpha value is -1.69. The Morgan fingerprint density at radius 3 is 2.48 bits per heavy atom. The summed E-state index contributed by atoms with van der Waals surface area (Å²) in [5.41, 5.74) is 2.79. The van der Waals surface area contributed by atoms with Crippen LogP contribution < -0.4 is 0 Å². The fourth-order valence-corrected chi connectivity index (χ4v) is 5.31. The minimum Gasteiger partial charge on any atom is -0.340 e. The van der Waals surface area contributed by atoms with E-state index in [4.69, 9.17) is 0 Å². The molecule has 0 unspecified atom stereocenters. The van der Waals surface area contributed by atoms with E-state index in [1.807, 2.05) is 0 Å². The second-order valence-electron chi connectivity index (χ2n) is 8.56. The zero-order chi connectivity index (χ0) is 19.9. The van der Waals surface area contributed by atoms with E-state index >= 15 is 0 Å². The summed E-state index contributed by atoms with van der Waals surface area (Å²) in [6.45, 7) is 8.12. The van der Waals surface area contributed by atoms with E-state index in [0.717, 1.165) is 58.7 Å². The standard InChI is InChI=1S/C24H33N3OS/c28-24(27-14-12-25(13-15-27)17-21-5-2-1-3-6-21)9-8-22-7-4-11-26(18-22)19-23-10-16-29-20-23/h1-3,5-6,10,16,20,22H,4,7-9,11-15,17-19H2/t22-/m0/s1. The topological polar surface area (TPSA) is 26.8 Å². The monoisotopic (exact) mass is 411 g/mol. The van der Waals surface area contributed by atoms with Gasteiger partial charge in [0.2, 0.25) is 5.91 Å². The minimum absolute atomic E-state index is 0.360. The summed E-state index contributed by atoms with van der Waals surface area (Å²) < 4.78 is 0. The fraction of sp³-hybridized carbons (Fsp3) is 0.542. The summed E-state index contributed by atoms with van der Waals surface area (Å²) >= 11 is 1.78. The number of rotatable bonds is 7. The summed E-state index contributed by atoms with van der Waals surface area (Å²) in [4.78, 5) is 19.9. The van der Waals surface area contributed by atoms with Crippen LogP contribution in [-0.4, -0.2) is 59.9 Å². The SMILES string of the molecule is O=C(CC[C@@H]1CCCN(Cc2ccsc2)C1)N1CCN(Cc2ccccc2)CC1. The van der Waals surface area contributed by atoms with Crippen molar-refractivity contribution in [1.29, 1.82) is 0 Å². The molecule has 4 rings (SSSR count). The summed E-state index contributed by atoms with van der Waals surface area (Å²) in [5.74, 6) is 1.03. The van der Waals surface area contributed by atoms with Crippen LogP contribution >= 0.6 is 11.3 Å². The van der Waals surface area contributed by atoms with Gasteiger partial charge in [-0.1, -0.05) is 30.3 Å². The summed E-state index contributed by atoms with van der Waals surface area (Å²) in [6, 6.07) is 12.9. The van der Waals surface area contributed by atoms with E-state index in [1.54, 1.807) is 11.3 Å². The van der Waals surface area contributed by atoms with Crippen molar-refractivity contribution < 1.29 is 4.79 Å². The van der Waals surface area contributed by atoms with Gasteiger partial charge >= 0.3 is 0 Å². The van der Waals surface area contributed by atoms with Gasteiger partial charge in [-0.05, 0) is 59.7 Å². The van der Waals surface area contributed by atoms with Gasteiger partial charge in [0, 0.05) is 52.2 Å². The molecule has 2 fully saturated rings. The van der Waals surface area contributed by atoms with Gasteiger partial charge in [0.25, 0.3) is 0 Å². The number of likely N-dealkylation sites (tertiary alicyclic amines) is 1. The van der Waals surface area contributed by atoms with Crippen LogP contribution in [-0.2, 0) is 17.9 Å². The van der Waals surface area contributed by atoms with Crippen molar-refractivity contribution >= 4 is 17.2 Å². The molecular formula is C24H33N3OS. The third kappa shape index (κ3) is 6.14. The van der Waals surface area contributed by atoms with Gasteiger partial charge in [-0.25, -0.2) is 0 Å². The van der Waals surface area contributed by atoms with Crippen molar-refractivity contribution in [2.24, 2.45) is 5.92 Å². The maximum absolute atomic E-state index is 12.7. The average Bonchev–Trinajstić information content (AvgIpc) is 3.27. The molecule has 2 aromatic rings. The predicted molar refractivity (Wildman–Crippen MR) is 120 cm³/mol. The minimum atomic E-state index is 0.360. The summed E-state index contributed by atoms with van der Waals surface area (Å²) in [6.07, 6.45) is 4.30. The molecule has 156 valence electrons. The van der Waals surface area contributed by atoms with Crippen LogP contribution in [0, 0.1) is 5.92 Å². The van der Waals surface area contributed by atoms with Gasteiger partial charge in [-0.3, -0.25) is 14.6 Å². The molecular weight excluding hydrogens is 378 g/mol. The molecule has 0 spiro atoms. The molecule has 29 heavy (non-hydrogen) atoms. The Balaban J connectivity index is 1.16. The Kier molecular flexibility index (Phi) is 7.36. The number of benzene rings is 1. The number of piperidine rings is 1. The fourth-order valence-electron chi connectivity index (χ4n) is 4.65. The second-order valence-corrected chi connectivity index (χ2v) is 9.34. The first-order valence-corrected chi connectivity index (χ1v) is 12.0. The number of nitrogens with zero attached hydrogens (tertiary/aromatic N) is 3. The highest BCUT2D eigenvalue weighted by Crippen LogP contribution is 2.23. The molecule has 1 aromatic heterocycles. The van der Waals surface area contributed by atoms with Crippen molar-refractivity contribution in [2.75, 3.05) is 39.3 Å². The van der Waals surface area contributed by atoms with Crippen LogP contribution in [0.1, 0.15) is 36.8 Å². The number of piperazine rings is 1. The smallest absolute Gasteiger partial charge is 0.222 e. The van der Waals surface area contributed by atoms with Crippen molar-refractivity contribution in [3.63, 3.8) is 0 Å². The molecule has 2 saturated heterocycles. The van der Waals surface area contributed by atoms with Crippen molar-refractivity contribution in [2.45, 2.75) is 38.8 Å². The first-order chi connectivity index (χ1) is 14.3. The lowest BCUT2D eigenvalue weighted by molar-refractivity contribution is -0.133. The molecule has 4 nitrogen and oxygen atoms in total. The largest absolute Gasteiger partial charge is 0.340 e. The van der Waals surface area contributed by atoms with Gasteiger partial charge < -0.3 is 4.90 Å². The van der Waals surface area contributed by atoms with E-state index in [2.05, 4.69) is 61.9 Å². The van der Waals surface area contributed by atoms with Gasteiger partial charge in [0.15, 0.2) is 0 Å².